The molecular formula is C17H26BrFN2. The molecule has 0 bridgehead atoms. The molecule has 2 rings (SSSR count). The van der Waals surface area contributed by atoms with Crippen LogP contribution in [-0.2, 0) is 6.42 Å². The SMILES string of the molecule is CCNC(Cc1cc(Br)ccc1F)C1(N(C)C)CCCC1. The van der Waals surface area contributed by atoms with E-state index in [1.54, 1.807) is 12.1 Å². The highest BCUT2D eigenvalue weighted by molar-refractivity contribution is 9.10. The van der Waals surface area contributed by atoms with Crippen LogP contribution in [0.25, 0.3) is 0 Å². The average Bonchev–Trinajstić information content (AvgIpc) is 2.93. The van der Waals surface area contributed by atoms with Gasteiger partial charge in [0.25, 0.3) is 0 Å². The number of rotatable bonds is 6. The molecule has 0 saturated heterocycles. The number of hydrogen-bond acceptors (Lipinski definition) is 2. The second-order valence-corrected chi connectivity index (χ2v) is 7.17. The van der Waals surface area contributed by atoms with Gasteiger partial charge < -0.3 is 10.2 Å². The van der Waals surface area contributed by atoms with Crippen LogP contribution in [0.15, 0.2) is 22.7 Å². The topological polar surface area (TPSA) is 15.3 Å². The van der Waals surface area contributed by atoms with E-state index in [0.29, 0.717) is 0 Å². The number of halogens is 2. The van der Waals surface area contributed by atoms with Crippen molar-refractivity contribution in [3.63, 3.8) is 0 Å². The van der Waals surface area contributed by atoms with Crippen LogP contribution in [0.5, 0.6) is 0 Å². The molecule has 0 spiro atoms. The quantitative estimate of drug-likeness (QED) is 0.828. The molecule has 1 saturated carbocycles. The third kappa shape index (κ3) is 3.66. The van der Waals surface area contributed by atoms with Crippen molar-refractivity contribution in [3.8, 4) is 0 Å². The summed E-state index contributed by atoms with van der Waals surface area (Å²) in [5, 5.41) is 3.62. The Morgan fingerprint density at radius 1 is 1.33 bits per heavy atom. The highest BCUT2D eigenvalue weighted by Gasteiger charge is 2.42. The number of hydrogen-bond donors (Lipinski definition) is 1. The lowest BCUT2D eigenvalue weighted by Crippen LogP contribution is -2.58. The highest BCUT2D eigenvalue weighted by atomic mass is 79.9. The van der Waals surface area contributed by atoms with Gasteiger partial charge in [0.05, 0.1) is 0 Å². The van der Waals surface area contributed by atoms with Crippen molar-refractivity contribution in [2.75, 3.05) is 20.6 Å². The smallest absolute Gasteiger partial charge is 0.126 e. The Hall–Kier alpha value is -0.450. The summed E-state index contributed by atoms with van der Waals surface area (Å²) in [4.78, 5) is 2.35. The van der Waals surface area contributed by atoms with Crippen LogP contribution in [-0.4, -0.2) is 37.1 Å². The first-order chi connectivity index (χ1) is 9.99. The molecule has 1 aromatic rings. The lowest BCUT2D eigenvalue weighted by atomic mass is 9.83. The Morgan fingerprint density at radius 2 is 2.00 bits per heavy atom. The predicted molar refractivity (Wildman–Crippen MR) is 90.2 cm³/mol. The monoisotopic (exact) mass is 356 g/mol. The van der Waals surface area contributed by atoms with Crippen molar-refractivity contribution < 1.29 is 4.39 Å². The van der Waals surface area contributed by atoms with E-state index in [1.165, 1.54) is 25.7 Å². The van der Waals surface area contributed by atoms with Gasteiger partial charge in [0, 0.05) is 16.1 Å². The van der Waals surface area contributed by atoms with Crippen LogP contribution in [0.3, 0.4) is 0 Å². The highest BCUT2D eigenvalue weighted by Crippen LogP contribution is 2.38. The minimum atomic E-state index is -0.104. The van der Waals surface area contributed by atoms with Crippen molar-refractivity contribution in [2.45, 2.75) is 50.6 Å². The largest absolute Gasteiger partial charge is 0.312 e. The molecule has 0 amide bonds. The molecule has 1 aromatic carbocycles. The first kappa shape index (κ1) is 16.9. The molecule has 0 radical (unpaired) electrons. The van der Waals surface area contributed by atoms with Gasteiger partial charge in [0.2, 0.25) is 0 Å². The van der Waals surface area contributed by atoms with Gasteiger partial charge in [-0.1, -0.05) is 35.7 Å². The second-order valence-electron chi connectivity index (χ2n) is 6.26. The molecule has 1 N–H and O–H groups in total. The van der Waals surface area contributed by atoms with Crippen molar-refractivity contribution in [3.05, 3.63) is 34.1 Å². The van der Waals surface area contributed by atoms with Crippen LogP contribution in [0.1, 0.15) is 38.2 Å². The fourth-order valence-corrected chi connectivity index (χ4v) is 4.12. The first-order valence-corrected chi connectivity index (χ1v) is 8.63. The van der Waals surface area contributed by atoms with Gasteiger partial charge in [-0.15, -0.1) is 0 Å². The molecule has 0 heterocycles. The van der Waals surface area contributed by atoms with Crippen molar-refractivity contribution in [1.82, 2.24) is 10.2 Å². The normalized spacial score (nSPS) is 19.1. The molecule has 1 aliphatic carbocycles. The minimum Gasteiger partial charge on any atom is -0.312 e. The maximum Gasteiger partial charge on any atom is 0.126 e. The zero-order valence-electron chi connectivity index (χ0n) is 13.3. The number of nitrogens with one attached hydrogen (secondary N) is 1. The Morgan fingerprint density at radius 3 is 2.57 bits per heavy atom. The summed E-state index contributed by atoms with van der Waals surface area (Å²) in [6.07, 6.45) is 5.64. The summed E-state index contributed by atoms with van der Waals surface area (Å²) in [7, 11) is 4.32. The fourth-order valence-electron chi connectivity index (χ4n) is 3.71. The molecule has 21 heavy (non-hydrogen) atoms. The third-order valence-electron chi connectivity index (χ3n) is 4.89. The first-order valence-electron chi connectivity index (χ1n) is 7.84. The standard InChI is InChI=1S/C17H26BrFN2/c1-4-20-16(17(21(2)3)9-5-6-10-17)12-13-11-14(18)7-8-15(13)19/h7-8,11,16,20H,4-6,9-10,12H2,1-3H3. The molecule has 1 aliphatic rings. The van der Waals surface area contributed by atoms with Crippen molar-refractivity contribution in [2.24, 2.45) is 0 Å². The third-order valence-corrected chi connectivity index (χ3v) is 5.38. The zero-order chi connectivity index (χ0) is 15.5. The van der Waals surface area contributed by atoms with E-state index in [4.69, 9.17) is 0 Å². The molecule has 1 atom stereocenters. The van der Waals surface area contributed by atoms with Gasteiger partial charge in [-0.25, -0.2) is 4.39 Å². The van der Waals surface area contributed by atoms with E-state index in [2.05, 4.69) is 47.2 Å². The Kier molecular flexibility index (Phi) is 5.81. The van der Waals surface area contributed by atoms with Gasteiger partial charge >= 0.3 is 0 Å². The van der Waals surface area contributed by atoms with E-state index in [9.17, 15) is 4.39 Å². The van der Waals surface area contributed by atoms with E-state index < -0.39 is 0 Å². The summed E-state index contributed by atoms with van der Waals surface area (Å²) in [5.41, 5.74) is 0.938. The van der Waals surface area contributed by atoms with Crippen LogP contribution in [0, 0.1) is 5.82 Å². The van der Waals surface area contributed by atoms with Gasteiger partial charge in [-0.3, -0.25) is 0 Å². The summed E-state index contributed by atoms with van der Waals surface area (Å²) < 4.78 is 15.1. The number of nitrogens with zero attached hydrogens (tertiary/aromatic N) is 1. The van der Waals surface area contributed by atoms with E-state index in [-0.39, 0.29) is 17.4 Å². The molecule has 1 fully saturated rings. The van der Waals surface area contributed by atoms with Gasteiger partial charge in [-0.2, -0.15) is 0 Å². The van der Waals surface area contributed by atoms with Gasteiger partial charge in [0.15, 0.2) is 0 Å². The van der Waals surface area contributed by atoms with E-state index in [0.717, 1.165) is 23.0 Å². The van der Waals surface area contributed by atoms with E-state index in [1.807, 2.05) is 6.07 Å². The summed E-state index contributed by atoms with van der Waals surface area (Å²) in [5.74, 6) is -0.104. The van der Waals surface area contributed by atoms with Crippen LogP contribution in [0.4, 0.5) is 4.39 Å². The number of likely N-dealkylation sites (N-methyl/N-ethyl adjacent to an activating group) is 2. The molecule has 0 aliphatic heterocycles. The Bertz CT molecular complexity index is 470. The van der Waals surface area contributed by atoms with Gasteiger partial charge in [0.1, 0.15) is 5.82 Å². The molecule has 4 heteroatoms. The predicted octanol–water partition coefficient (Wildman–Crippen LogP) is 3.98. The Labute approximate surface area is 136 Å². The molecule has 1 unspecified atom stereocenters. The van der Waals surface area contributed by atoms with Crippen molar-refractivity contribution in [1.29, 1.82) is 0 Å². The summed E-state index contributed by atoms with van der Waals surface area (Å²) in [6, 6.07) is 5.51. The second kappa shape index (κ2) is 7.21. The zero-order valence-corrected chi connectivity index (χ0v) is 14.8. The van der Waals surface area contributed by atoms with Gasteiger partial charge in [-0.05, 0) is 63.7 Å². The lowest BCUT2D eigenvalue weighted by Gasteiger charge is -2.44. The Balaban J connectivity index is 2.28. The summed E-state index contributed by atoms with van der Waals surface area (Å²) >= 11 is 3.45. The lowest BCUT2D eigenvalue weighted by molar-refractivity contribution is 0.105. The molecule has 2 nitrogen and oxygen atoms in total. The van der Waals surface area contributed by atoms with E-state index >= 15 is 0 Å². The van der Waals surface area contributed by atoms with Crippen LogP contribution < -0.4 is 5.32 Å². The fraction of sp³-hybridized carbons (Fsp3) is 0.647. The van der Waals surface area contributed by atoms with Crippen LogP contribution >= 0.6 is 15.9 Å². The summed E-state index contributed by atoms with van der Waals surface area (Å²) in [6.45, 7) is 3.04. The maximum absolute atomic E-state index is 14.1. The van der Waals surface area contributed by atoms with Crippen LogP contribution in [0.2, 0.25) is 0 Å². The molecule has 0 aromatic heterocycles. The minimum absolute atomic E-state index is 0.104. The maximum atomic E-state index is 14.1. The molecule has 118 valence electrons. The molecular weight excluding hydrogens is 331 g/mol. The number of benzene rings is 1. The average molecular weight is 357 g/mol. The van der Waals surface area contributed by atoms with Crippen molar-refractivity contribution >= 4 is 15.9 Å².